The van der Waals surface area contributed by atoms with E-state index in [9.17, 15) is 18.0 Å². The second-order valence-electron chi connectivity index (χ2n) is 9.71. The normalized spacial score (nSPS) is 14.8. The number of aromatic nitrogens is 2. The lowest BCUT2D eigenvalue weighted by Gasteiger charge is -2.29. The molecule has 37 heavy (non-hydrogen) atoms. The van der Waals surface area contributed by atoms with Crippen molar-refractivity contribution in [3.05, 3.63) is 76.1 Å². The van der Waals surface area contributed by atoms with Gasteiger partial charge in [0.05, 0.1) is 11.3 Å². The highest BCUT2D eigenvalue weighted by Crippen LogP contribution is 2.33. The molecule has 0 bridgehead atoms. The number of alkyl halides is 3. The fourth-order valence-corrected chi connectivity index (χ4v) is 4.73. The third-order valence-corrected chi connectivity index (χ3v) is 6.67. The molecule has 4 rings (SSSR count). The Morgan fingerprint density at radius 3 is 2.70 bits per heavy atom. The van der Waals surface area contributed by atoms with Gasteiger partial charge in [-0.1, -0.05) is 19.1 Å². The number of aryl methyl sites for hydroxylation is 1. The van der Waals surface area contributed by atoms with Crippen molar-refractivity contribution in [1.29, 1.82) is 0 Å². The lowest BCUT2D eigenvalue weighted by atomic mass is 10.0. The van der Waals surface area contributed by atoms with Gasteiger partial charge in [-0.25, -0.2) is 9.97 Å². The van der Waals surface area contributed by atoms with Crippen molar-refractivity contribution in [3.8, 4) is 17.1 Å². The monoisotopic (exact) mass is 513 g/mol. The summed E-state index contributed by atoms with van der Waals surface area (Å²) in [5.74, 6) is 0.482. The number of benzene rings is 2. The first-order valence-electron chi connectivity index (χ1n) is 12.2. The number of halogens is 3. The minimum absolute atomic E-state index is 0.0346. The van der Waals surface area contributed by atoms with E-state index in [-0.39, 0.29) is 24.5 Å². The van der Waals surface area contributed by atoms with Crippen LogP contribution in [0.25, 0.3) is 11.4 Å². The van der Waals surface area contributed by atoms with E-state index in [1.54, 1.807) is 12.1 Å². The van der Waals surface area contributed by atoms with Crippen molar-refractivity contribution < 1.29 is 27.8 Å². The first-order valence-corrected chi connectivity index (χ1v) is 12.2. The van der Waals surface area contributed by atoms with Crippen LogP contribution in [0, 0.1) is 19.8 Å². The minimum atomic E-state index is -4.40. The molecule has 0 aliphatic carbocycles. The maximum atomic E-state index is 13.2. The van der Waals surface area contributed by atoms with Crippen LogP contribution < -0.4 is 4.74 Å². The molecular formula is C28H30F3N3O3. The number of nitrogens with zero attached hydrogens (tertiary/aromatic N) is 3. The van der Waals surface area contributed by atoms with Gasteiger partial charge in [-0.3, -0.25) is 9.69 Å². The molecule has 0 fully saturated rings. The molecule has 1 aliphatic rings. The summed E-state index contributed by atoms with van der Waals surface area (Å²) in [6, 6.07) is 9.68. The molecule has 1 aromatic heterocycles. The summed E-state index contributed by atoms with van der Waals surface area (Å²) in [6.07, 6.45) is -1.65. The molecule has 1 N–H and O–H groups in total. The highest BCUT2D eigenvalue weighted by molar-refractivity contribution is 5.67. The van der Waals surface area contributed by atoms with Crippen LogP contribution in [0.4, 0.5) is 13.2 Å². The van der Waals surface area contributed by atoms with Gasteiger partial charge in [0.25, 0.3) is 0 Å². The van der Waals surface area contributed by atoms with Crippen molar-refractivity contribution in [1.82, 2.24) is 14.9 Å². The van der Waals surface area contributed by atoms with E-state index in [2.05, 4.69) is 9.88 Å². The first kappa shape index (κ1) is 26.6. The van der Waals surface area contributed by atoms with Gasteiger partial charge in [0.2, 0.25) is 0 Å². The number of rotatable bonds is 8. The Morgan fingerprint density at radius 1 is 1.22 bits per heavy atom. The largest absolute Gasteiger partial charge is 0.489 e. The molecule has 2 aromatic carbocycles. The Bertz CT molecular complexity index is 1290. The highest BCUT2D eigenvalue weighted by atomic mass is 19.4. The summed E-state index contributed by atoms with van der Waals surface area (Å²) < 4.78 is 45.5. The summed E-state index contributed by atoms with van der Waals surface area (Å²) in [5.41, 5.74) is 3.71. The number of carbonyl (C=O) groups is 1. The third-order valence-electron chi connectivity index (χ3n) is 6.67. The molecule has 0 radical (unpaired) electrons. The van der Waals surface area contributed by atoms with Crippen LogP contribution in [0.15, 0.2) is 42.6 Å². The molecule has 9 heteroatoms. The standard InChI is InChI=1S/C28H30F3N3O3/c1-17(11-26(35)36)14-34-10-9-24-22(15-34)13-32-27(33-24)20-7-8-25(18(2)12-20)37-16-21-5-4-6-23(19(21)3)28(29,30)31/h4-8,12-13,17H,9-11,14-16H2,1-3H3,(H,35,36). The van der Waals surface area contributed by atoms with Crippen LogP contribution >= 0.6 is 0 Å². The molecule has 2 heterocycles. The number of hydrogen-bond donors (Lipinski definition) is 1. The number of aliphatic carboxylic acids is 1. The molecule has 0 saturated carbocycles. The number of ether oxygens (including phenoxy) is 1. The number of carboxylic acids is 1. The zero-order valence-electron chi connectivity index (χ0n) is 21.1. The van der Waals surface area contributed by atoms with Crippen molar-refractivity contribution >= 4 is 5.97 Å². The van der Waals surface area contributed by atoms with Gasteiger partial charge in [0.15, 0.2) is 5.82 Å². The lowest BCUT2D eigenvalue weighted by molar-refractivity contribution is -0.139. The predicted molar refractivity (Wildman–Crippen MR) is 133 cm³/mol. The summed E-state index contributed by atoms with van der Waals surface area (Å²) in [7, 11) is 0. The number of hydrogen-bond acceptors (Lipinski definition) is 5. The van der Waals surface area contributed by atoms with E-state index in [4.69, 9.17) is 14.8 Å². The highest BCUT2D eigenvalue weighted by Gasteiger charge is 2.32. The molecule has 0 amide bonds. The molecule has 0 saturated heterocycles. The van der Waals surface area contributed by atoms with Gasteiger partial charge < -0.3 is 9.84 Å². The van der Waals surface area contributed by atoms with Gasteiger partial charge in [-0.15, -0.1) is 0 Å². The zero-order valence-corrected chi connectivity index (χ0v) is 21.1. The molecule has 3 aromatic rings. The Balaban J connectivity index is 1.43. The predicted octanol–water partition coefficient (Wildman–Crippen LogP) is 5.83. The molecule has 1 unspecified atom stereocenters. The Labute approximate surface area is 214 Å². The Morgan fingerprint density at radius 2 is 2.00 bits per heavy atom. The van der Waals surface area contributed by atoms with E-state index in [1.165, 1.54) is 13.0 Å². The van der Waals surface area contributed by atoms with Crippen molar-refractivity contribution in [2.75, 3.05) is 13.1 Å². The van der Waals surface area contributed by atoms with Gasteiger partial charge in [-0.2, -0.15) is 13.2 Å². The summed E-state index contributed by atoms with van der Waals surface area (Å²) >= 11 is 0. The first-order chi connectivity index (χ1) is 17.5. The maximum Gasteiger partial charge on any atom is 0.416 e. The van der Waals surface area contributed by atoms with E-state index < -0.39 is 17.7 Å². The van der Waals surface area contributed by atoms with Gasteiger partial charge in [0.1, 0.15) is 12.4 Å². The zero-order chi connectivity index (χ0) is 26.7. The fraction of sp³-hybridized carbons (Fsp3) is 0.393. The van der Waals surface area contributed by atoms with Gasteiger partial charge in [0, 0.05) is 49.8 Å². The van der Waals surface area contributed by atoms with E-state index in [0.717, 1.165) is 41.4 Å². The van der Waals surface area contributed by atoms with Gasteiger partial charge >= 0.3 is 12.1 Å². The number of fused-ring (bicyclic) bond motifs is 1. The molecule has 196 valence electrons. The second kappa shape index (κ2) is 10.9. The van der Waals surface area contributed by atoms with Crippen molar-refractivity contribution in [3.63, 3.8) is 0 Å². The molecule has 1 aliphatic heterocycles. The van der Waals surface area contributed by atoms with E-state index in [1.807, 2.05) is 32.2 Å². The summed E-state index contributed by atoms with van der Waals surface area (Å²) in [5, 5.41) is 8.99. The summed E-state index contributed by atoms with van der Waals surface area (Å²) in [6.45, 7) is 7.54. The Kier molecular flexibility index (Phi) is 7.82. The van der Waals surface area contributed by atoms with E-state index in [0.29, 0.717) is 30.2 Å². The smallest absolute Gasteiger partial charge is 0.416 e. The lowest BCUT2D eigenvalue weighted by Crippen LogP contribution is -2.35. The van der Waals surface area contributed by atoms with Crippen molar-refractivity contribution in [2.24, 2.45) is 5.92 Å². The van der Waals surface area contributed by atoms with E-state index >= 15 is 0 Å². The topological polar surface area (TPSA) is 75.6 Å². The van der Waals surface area contributed by atoms with Crippen LogP contribution in [0.2, 0.25) is 0 Å². The van der Waals surface area contributed by atoms with Gasteiger partial charge in [-0.05, 0) is 60.7 Å². The minimum Gasteiger partial charge on any atom is -0.489 e. The molecule has 0 spiro atoms. The Hall–Kier alpha value is -3.46. The van der Waals surface area contributed by atoms with Crippen LogP contribution in [-0.2, 0) is 30.5 Å². The van der Waals surface area contributed by atoms with Crippen LogP contribution in [-0.4, -0.2) is 39.0 Å². The summed E-state index contributed by atoms with van der Waals surface area (Å²) in [4.78, 5) is 22.5. The SMILES string of the molecule is Cc1cc(-c2ncc3c(n2)CCN(CC(C)CC(=O)O)C3)ccc1OCc1cccc(C(F)(F)F)c1C. The van der Waals surface area contributed by atoms with Crippen LogP contribution in [0.5, 0.6) is 5.75 Å². The second-order valence-corrected chi connectivity index (χ2v) is 9.71. The number of carboxylic acid groups (broad SMARTS) is 1. The van der Waals surface area contributed by atoms with Crippen molar-refractivity contribution in [2.45, 2.75) is 52.9 Å². The molecule has 6 nitrogen and oxygen atoms in total. The molecule has 1 atom stereocenters. The fourth-order valence-electron chi connectivity index (χ4n) is 4.73. The molecular weight excluding hydrogens is 483 g/mol. The van der Waals surface area contributed by atoms with Crippen LogP contribution in [0.1, 0.15) is 46.9 Å². The average Bonchev–Trinajstić information content (AvgIpc) is 2.82. The maximum absolute atomic E-state index is 13.2. The average molecular weight is 514 g/mol. The quantitative estimate of drug-likeness (QED) is 0.409. The third kappa shape index (κ3) is 6.46. The van der Waals surface area contributed by atoms with Crippen LogP contribution in [0.3, 0.4) is 0 Å².